The fourth-order valence-electron chi connectivity index (χ4n) is 1.11. The van der Waals surface area contributed by atoms with Crippen molar-refractivity contribution in [2.75, 3.05) is 18.8 Å². The maximum absolute atomic E-state index is 11.6. The Kier molecular flexibility index (Phi) is 4.24. The molecule has 0 bridgehead atoms. The van der Waals surface area contributed by atoms with Gasteiger partial charge in [-0.25, -0.2) is 0 Å². The topological polar surface area (TPSA) is 139 Å². The number of carbonyl (C=O) groups is 3. The van der Waals surface area contributed by atoms with Crippen molar-refractivity contribution < 1.29 is 19.5 Å². The Morgan fingerprint density at radius 1 is 1.39 bits per heavy atom. The number of hydrogen-bond donors (Lipinski definition) is 4. The molecule has 0 aliphatic heterocycles. The second-order valence-electron chi connectivity index (χ2n) is 3.42. The number of nitrogens with one attached hydrogen (secondary N) is 2. The molecule has 9 heteroatoms. The van der Waals surface area contributed by atoms with Gasteiger partial charge in [-0.05, 0) is 0 Å². The van der Waals surface area contributed by atoms with Gasteiger partial charge in [0.15, 0.2) is 0 Å². The van der Waals surface area contributed by atoms with E-state index in [9.17, 15) is 14.4 Å². The Hall–Kier alpha value is -2.58. The lowest BCUT2D eigenvalue weighted by Crippen LogP contribution is -2.39. The molecule has 0 saturated carbocycles. The molecule has 1 rings (SSSR count). The molecule has 1 aromatic rings. The molecule has 5 N–H and O–H groups in total. The smallest absolute Gasteiger partial charge is 0.322 e. The summed E-state index contributed by atoms with van der Waals surface area (Å²) in [5.74, 6) is -2.14. The third kappa shape index (κ3) is 3.47. The molecule has 0 fully saturated rings. The predicted octanol–water partition coefficient (Wildman–Crippen LogP) is -2.07. The van der Waals surface area contributed by atoms with Crippen LogP contribution in [0.5, 0.6) is 0 Å². The molecule has 18 heavy (non-hydrogen) atoms. The second kappa shape index (κ2) is 5.66. The van der Waals surface area contributed by atoms with Crippen molar-refractivity contribution in [3.8, 4) is 0 Å². The first-order valence-corrected chi connectivity index (χ1v) is 4.96. The summed E-state index contributed by atoms with van der Waals surface area (Å²) in [6, 6.07) is 0. The first kappa shape index (κ1) is 13.5. The number of nitrogens with zero attached hydrogens (tertiary/aromatic N) is 2. The Morgan fingerprint density at radius 2 is 2.06 bits per heavy atom. The highest BCUT2D eigenvalue weighted by Crippen LogP contribution is 2.08. The highest BCUT2D eigenvalue weighted by molar-refractivity contribution is 6.00. The van der Waals surface area contributed by atoms with Crippen LogP contribution in [0.15, 0.2) is 6.20 Å². The second-order valence-corrected chi connectivity index (χ2v) is 3.42. The van der Waals surface area contributed by atoms with E-state index < -0.39 is 24.3 Å². The van der Waals surface area contributed by atoms with E-state index in [1.165, 1.54) is 10.9 Å². The average molecular weight is 255 g/mol. The lowest BCUT2D eigenvalue weighted by molar-refractivity contribution is -0.137. The number of aromatic nitrogens is 2. The van der Waals surface area contributed by atoms with Gasteiger partial charge < -0.3 is 21.5 Å². The number of carboxylic acids is 1. The van der Waals surface area contributed by atoms with Crippen molar-refractivity contribution in [1.29, 1.82) is 0 Å². The van der Waals surface area contributed by atoms with Gasteiger partial charge in [0.25, 0.3) is 5.91 Å². The van der Waals surface area contributed by atoms with Gasteiger partial charge in [-0.3, -0.25) is 19.1 Å². The Morgan fingerprint density at radius 3 is 2.56 bits per heavy atom. The molecular weight excluding hydrogens is 242 g/mol. The van der Waals surface area contributed by atoms with Crippen LogP contribution in [0.3, 0.4) is 0 Å². The van der Waals surface area contributed by atoms with E-state index in [0.29, 0.717) is 0 Å². The molecule has 1 heterocycles. The molecule has 0 unspecified atom stereocenters. The summed E-state index contributed by atoms with van der Waals surface area (Å²) in [6.07, 6.45) is 1.28. The number of nitrogen functional groups attached to an aromatic ring is 1. The van der Waals surface area contributed by atoms with Crippen LogP contribution in [0.1, 0.15) is 10.4 Å². The predicted molar refractivity (Wildman–Crippen MR) is 60.6 cm³/mol. The maximum atomic E-state index is 11.6. The number of hydrogen-bond acceptors (Lipinski definition) is 5. The number of anilines is 1. The lowest BCUT2D eigenvalue weighted by atomic mass is 10.3. The number of aliphatic carboxylic acids is 1. The largest absolute Gasteiger partial charge is 0.480 e. The van der Waals surface area contributed by atoms with Gasteiger partial charge in [0.05, 0.1) is 12.7 Å². The number of amides is 2. The van der Waals surface area contributed by atoms with Gasteiger partial charge in [0.2, 0.25) is 5.91 Å². The zero-order chi connectivity index (χ0) is 13.7. The third-order valence-corrected chi connectivity index (χ3v) is 2.08. The van der Waals surface area contributed by atoms with Gasteiger partial charge in [-0.15, -0.1) is 0 Å². The van der Waals surface area contributed by atoms with Crippen LogP contribution in [0.2, 0.25) is 0 Å². The van der Waals surface area contributed by atoms with E-state index >= 15 is 0 Å². The van der Waals surface area contributed by atoms with Crippen molar-refractivity contribution in [2.24, 2.45) is 7.05 Å². The van der Waals surface area contributed by atoms with Crippen molar-refractivity contribution in [3.05, 3.63) is 11.8 Å². The SMILES string of the molecule is Cn1ncc(C(=O)NCC(=O)NCC(=O)O)c1N. The van der Waals surface area contributed by atoms with Gasteiger partial charge >= 0.3 is 5.97 Å². The fraction of sp³-hybridized carbons (Fsp3) is 0.333. The van der Waals surface area contributed by atoms with E-state index in [2.05, 4.69) is 15.7 Å². The number of carboxylic acid groups (broad SMARTS) is 1. The molecule has 1 aromatic heterocycles. The molecule has 0 radical (unpaired) electrons. The van der Waals surface area contributed by atoms with Crippen molar-refractivity contribution in [3.63, 3.8) is 0 Å². The number of rotatable bonds is 5. The third-order valence-electron chi connectivity index (χ3n) is 2.08. The van der Waals surface area contributed by atoms with E-state index in [1.54, 1.807) is 7.05 Å². The molecule has 0 spiro atoms. The lowest BCUT2D eigenvalue weighted by Gasteiger charge is -2.04. The summed E-state index contributed by atoms with van der Waals surface area (Å²) >= 11 is 0. The first-order valence-electron chi connectivity index (χ1n) is 4.96. The minimum absolute atomic E-state index is 0.156. The van der Waals surface area contributed by atoms with E-state index in [0.717, 1.165) is 0 Å². The minimum atomic E-state index is -1.16. The van der Waals surface area contributed by atoms with E-state index in [-0.39, 0.29) is 17.9 Å². The molecule has 0 aliphatic carbocycles. The summed E-state index contributed by atoms with van der Waals surface area (Å²) in [4.78, 5) is 32.9. The highest BCUT2D eigenvalue weighted by atomic mass is 16.4. The summed E-state index contributed by atoms with van der Waals surface area (Å²) in [5.41, 5.74) is 5.73. The monoisotopic (exact) mass is 255 g/mol. The van der Waals surface area contributed by atoms with Crippen LogP contribution in [0, 0.1) is 0 Å². The van der Waals surface area contributed by atoms with Gasteiger partial charge in [-0.1, -0.05) is 0 Å². The Bertz CT molecular complexity index is 481. The van der Waals surface area contributed by atoms with Crippen LogP contribution in [0.4, 0.5) is 5.82 Å². The zero-order valence-electron chi connectivity index (χ0n) is 9.64. The maximum Gasteiger partial charge on any atom is 0.322 e. The normalized spacial score (nSPS) is 9.83. The van der Waals surface area contributed by atoms with Crippen LogP contribution >= 0.6 is 0 Å². The standard InChI is InChI=1S/C9H13N5O4/c1-14-8(10)5(2-13-14)9(18)12-3-6(15)11-4-7(16)17/h2H,3-4,10H2,1H3,(H,11,15)(H,12,18)(H,16,17). The van der Waals surface area contributed by atoms with Crippen molar-refractivity contribution >= 4 is 23.6 Å². The summed E-state index contributed by atoms with van der Waals surface area (Å²) in [6.45, 7) is -0.829. The Balaban J connectivity index is 2.44. The van der Waals surface area contributed by atoms with E-state index in [4.69, 9.17) is 10.8 Å². The minimum Gasteiger partial charge on any atom is -0.480 e. The van der Waals surface area contributed by atoms with Gasteiger partial charge in [0, 0.05) is 7.05 Å². The van der Waals surface area contributed by atoms with E-state index in [1.807, 2.05) is 0 Å². The number of carbonyl (C=O) groups excluding carboxylic acids is 2. The van der Waals surface area contributed by atoms with Crippen LogP contribution in [-0.2, 0) is 16.6 Å². The molecule has 9 nitrogen and oxygen atoms in total. The molecule has 98 valence electrons. The van der Waals surface area contributed by atoms with Gasteiger partial charge in [0.1, 0.15) is 17.9 Å². The Labute approximate surface area is 102 Å². The molecule has 0 aromatic carbocycles. The highest BCUT2D eigenvalue weighted by Gasteiger charge is 2.14. The number of nitrogens with two attached hydrogens (primary N) is 1. The quantitative estimate of drug-likeness (QED) is 0.476. The molecular formula is C9H13N5O4. The average Bonchev–Trinajstić information content (AvgIpc) is 2.64. The van der Waals surface area contributed by atoms with Gasteiger partial charge in [-0.2, -0.15) is 5.10 Å². The first-order chi connectivity index (χ1) is 8.41. The van der Waals surface area contributed by atoms with Crippen molar-refractivity contribution in [1.82, 2.24) is 20.4 Å². The van der Waals surface area contributed by atoms with Crippen molar-refractivity contribution in [2.45, 2.75) is 0 Å². The number of aryl methyl sites for hydroxylation is 1. The molecule has 2 amide bonds. The fourth-order valence-corrected chi connectivity index (χ4v) is 1.11. The molecule has 0 atom stereocenters. The summed E-state index contributed by atoms with van der Waals surface area (Å²) in [7, 11) is 1.58. The zero-order valence-corrected chi connectivity index (χ0v) is 9.64. The van der Waals surface area contributed by atoms with Crippen LogP contribution in [-0.4, -0.2) is 45.8 Å². The van der Waals surface area contributed by atoms with Crippen LogP contribution < -0.4 is 16.4 Å². The molecule has 0 aliphatic rings. The molecule has 0 saturated heterocycles. The summed E-state index contributed by atoms with van der Waals surface area (Å²) < 4.78 is 1.32. The van der Waals surface area contributed by atoms with Crippen LogP contribution in [0.25, 0.3) is 0 Å². The summed E-state index contributed by atoms with van der Waals surface area (Å²) in [5, 5.41) is 16.5.